The average Bonchev–Trinajstić information content (AvgIpc) is 3.23. The van der Waals surface area contributed by atoms with Crippen molar-refractivity contribution < 1.29 is 28.5 Å². The molecule has 0 aromatic heterocycles. The van der Waals surface area contributed by atoms with Gasteiger partial charge in [0.25, 0.3) is 0 Å². The van der Waals surface area contributed by atoms with Crippen molar-refractivity contribution in [3.8, 4) is 28.7 Å². The summed E-state index contributed by atoms with van der Waals surface area (Å²) in [6.07, 6.45) is 0.488. The van der Waals surface area contributed by atoms with Gasteiger partial charge >= 0.3 is 0 Å². The summed E-state index contributed by atoms with van der Waals surface area (Å²) in [5.41, 5.74) is 2.34. The number of carbonyl (C=O) groups is 1. The minimum atomic E-state index is -0.357. The molecule has 3 rings (SSSR count). The molecule has 160 valence electrons. The number of benzene rings is 2. The Bertz CT molecular complexity index is 950. The SMILES string of the molecule is COc1cc(OC)cc(C2=NN(C(C)=O)C(c3ccc(OC)c(OC)c3OC)C2)c1. The van der Waals surface area contributed by atoms with Crippen molar-refractivity contribution in [1.82, 2.24) is 5.01 Å². The van der Waals surface area contributed by atoms with Crippen LogP contribution >= 0.6 is 0 Å². The van der Waals surface area contributed by atoms with Gasteiger partial charge in [-0.3, -0.25) is 4.79 Å². The van der Waals surface area contributed by atoms with E-state index in [-0.39, 0.29) is 11.9 Å². The molecule has 1 amide bonds. The number of hydrogen-bond donors (Lipinski definition) is 0. The van der Waals surface area contributed by atoms with Crippen molar-refractivity contribution in [2.45, 2.75) is 19.4 Å². The largest absolute Gasteiger partial charge is 0.497 e. The molecule has 8 heteroatoms. The normalized spacial score (nSPS) is 15.5. The second-order valence-corrected chi connectivity index (χ2v) is 6.66. The van der Waals surface area contributed by atoms with Crippen LogP contribution in [0.2, 0.25) is 0 Å². The van der Waals surface area contributed by atoms with Gasteiger partial charge in [0.05, 0.1) is 47.3 Å². The fraction of sp³-hybridized carbons (Fsp3) is 0.364. The fourth-order valence-corrected chi connectivity index (χ4v) is 3.58. The zero-order chi connectivity index (χ0) is 21.8. The summed E-state index contributed by atoms with van der Waals surface area (Å²) in [6.45, 7) is 1.48. The zero-order valence-corrected chi connectivity index (χ0v) is 18.0. The topological polar surface area (TPSA) is 78.8 Å². The standard InChI is InChI=1S/C22H26N2O6/c1-13(25)24-19(17-7-8-20(28-4)22(30-6)21(17)29-5)12-18(23-24)14-9-15(26-2)11-16(10-14)27-3/h7-11,19H,12H2,1-6H3. The number of hydrazone groups is 1. The molecular weight excluding hydrogens is 388 g/mol. The molecule has 2 aromatic rings. The zero-order valence-electron chi connectivity index (χ0n) is 18.0. The second-order valence-electron chi connectivity index (χ2n) is 6.66. The Morgan fingerprint density at radius 3 is 2.03 bits per heavy atom. The maximum Gasteiger partial charge on any atom is 0.240 e. The summed E-state index contributed by atoms with van der Waals surface area (Å²) >= 11 is 0. The van der Waals surface area contributed by atoms with E-state index >= 15 is 0 Å². The summed E-state index contributed by atoms with van der Waals surface area (Å²) < 4.78 is 27.2. The van der Waals surface area contributed by atoms with E-state index in [1.165, 1.54) is 11.9 Å². The summed E-state index contributed by atoms with van der Waals surface area (Å²) in [4.78, 5) is 12.4. The van der Waals surface area contributed by atoms with Crippen LogP contribution in [0.15, 0.2) is 35.4 Å². The Kier molecular flexibility index (Phi) is 6.34. The van der Waals surface area contributed by atoms with Crippen LogP contribution in [0.3, 0.4) is 0 Å². The molecule has 0 saturated heterocycles. The van der Waals surface area contributed by atoms with E-state index in [1.807, 2.05) is 18.2 Å². The molecule has 0 bridgehead atoms. The third-order valence-corrected chi connectivity index (χ3v) is 5.01. The van der Waals surface area contributed by atoms with Gasteiger partial charge in [0.1, 0.15) is 11.5 Å². The molecule has 30 heavy (non-hydrogen) atoms. The second kappa shape index (κ2) is 8.94. The van der Waals surface area contributed by atoms with Crippen molar-refractivity contribution in [2.75, 3.05) is 35.5 Å². The lowest BCUT2D eigenvalue weighted by atomic mass is 9.96. The highest BCUT2D eigenvalue weighted by Gasteiger charge is 2.35. The van der Waals surface area contributed by atoms with Gasteiger partial charge in [-0.2, -0.15) is 5.10 Å². The van der Waals surface area contributed by atoms with Crippen molar-refractivity contribution in [1.29, 1.82) is 0 Å². The van der Waals surface area contributed by atoms with Crippen LogP contribution in [0.5, 0.6) is 28.7 Å². The van der Waals surface area contributed by atoms with E-state index in [0.29, 0.717) is 35.2 Å². The minimum absolute atomic E-state index is 0.179. The van der Waals surface area contributed by atoms with Crippen LogP contribution in [0, 0.1) is 0 Å². The van der Waals surface area contributed by atoms with Crippen LogP contribution < -0.4 is 23.7 Å². The lowest BCUT2D eigenvalue weighted by Gasteiger charge is -2.24. The van der Waals surface area contributed by atoms with Crippen LogP contribution in [-0.4, -0.2) is 52.2 Å². The summed E-state index contributed by atoms with van der Waals surface area (Å²) in [7, 11) is 7.85. The third kappa shape index (κ3) is 3.85. The van der Waals surface area contributed by atoms with Crippen molar-refractivity contribution in [3.63, 3.8) is 0 Å². The first-order valence-electron chi connectivity index (χ1n) is 9.36. The fourth-order valence-electron chi connectivity index (χ4n) is 3.58. The first-order valence-corrected chi connectivity index (χ1v) is 9.36. The Morgan fingerprint density at radius 2 is 1.53 bits per heavy atom. The molecule has 0 saturated carbocycles. The van der Waals surface area contributed by atoms with Crippen LogP contribution in [0.25, 0.3) is 0 Å². The maximum absolute atomic E-state index is 12.4. The molecule has 1 atom stereocenters. The van der Waals surface area contributed by atoms with E-state index in [2.05, 4.69) is 5.10 Å². The molecular formula is C22H26N2O6. The highest BCUT2D eigenvalue weighted by atomic mass is 16.5. The molecule has 0 spiro atoms. The Hall–Kier alpha value is -3.42. The molecule has 1 heterocycles. The molecule has 0 radical (unpaired) electrons. The van der Waals surface area contributed by atoms with Crippen LogP contribution in [-0.2, 0) is 4.79 Å². The van der Waals surface area contributed by atoms with Gasteiger partial charge in [0.2, 0.25) is 11.7 Å². The maximum atomic E-state index is 12.4. The lowest BCUT2D eigenvalue weighted by molar-refractivity contribution is -0.130. The number of carbonyl (C=O) groups excluding carboxylic acids is 1. The van der Waals surface area contributed by atoms with Crippen LogP contribution in [0.4, 0.5) is 0 Å². The Balaban J connectivity index is 2.07. The number of methoxy groups -OCH3 is 5. The van der Waals surface area contributed by atoms with Crippen molar-refractivity contribution in [3.05, 3.63) is 41.5 Å². The molecule has 8 nitrogen and oxygen atoms in total. The summed E-state index contributed by atoms with van der Waals surface area (Å²) in [5, 5.41) is 6.06. The highest BCUT2D eigenvalue weighted by Crippen LogP contribution is 2.46. The number of amides is 1. The van der Waals surface area contributed by atoms with Crippen LogP contribution in [0.1, 0.15) is 30.5 Å². The smallest absolute Gasteiger partial charge is 0.240 e. The van der Waals surface area contributed by atoms with Gasteiger partial charge < -0.3 is 23.7 Å². The number of ether oxygens (including phenoxy) is 5. The first kappa shape index (κ1) is 21.3. The van der Waals surface area contributed by atoms with E-state index in [0.717, 1.165) is 16.8 Å². The first-order chi connectivity index (χ1) is 14.5. The monoisotopic (exact) mass is 414 g/mol. The molecule has 1 aliphatic heterocycles. The van der Waals surface area contributed by atoms with Gasteiger partial charge in [-0.25, -0.2) is 5.01 Å². The Labute approximate surface area is 175 Å². The number of hydrogen-bond acceptors (Lipinski definition) is 7. The van der Waals surface area contributed by atoms with E-state index in [9.17, 15) is 4.79 Å². The summed E-state index contributed by atoms with van der Waals surface area (Å²) in [6, 6.07) is 8.83. The molecule has 0 aliphatic carbocycles. The quantitative estimate of drug-likeness (QED) is 0.691. The van der Waals surface area contributed by atoms with Gasteiger partial charge in [0.15, 0.2) is 11.5 Å². The summed E-state index contributed by atoms with van der Waals surface area (Å²) in [5.74, 6) is 2.64. The lowest BCUT2D eigenvalue weighted by Crippen LogP contribution is -2.24. The average molecular weight is 414 g/mol. The van der Waals surface area contributed by atoms with Crippen molar-refractivity contribution >= 4 is 11.6 Å². The Morgan fingerprint density at radius 1 is 0.900 bits per heavy atom. The molecule has 1 aliphatic rings. The van der Waals surface area contributed by atoms with E-state index in [4.69, 9.17) is 23.7 Å². The number of nitrogens with zero attached hydrogens (tertiary/aromatic N) is 2. The predicted molar refractivity (Wildman–Crippen MR) is 112 cm³/mol. The van der Waals surface area contributed by atoms with E-state index < -0.39 is 0 Å². The van der Waals surface area contributed by atoms with E-state index in [1.54, 1.807) is 47.7 Å². The molecule has 0 N–H and O–H groups in total. The third-order valence-electron chi connectivity index (χ3n) is 5.01. The predicted octanol–water partition coefficient (Wildman–Crippen LogP) is 3.43. The van der Waals surface area contributed by atoms with Gasteiger partial charge in [-0.15, -0.1) is 0 Å². The molecule has 1 unspecified atom stereocenters. The van der Waals surface area contributed by atoms with Gasteiger partial charge in [-0.05, 0) is 24.3 Å². The molecule has 0 fully saturated rings. The molecule has 2 aromatic carbocycles. The van der Waals surface area contributed by atoms with Gasteiger partial charge in [-0.1, -0.05) is 0 Å². The minimum Gasteiger partial charge on any atom is -0.497 e. The number of rotatable bonds is 7. The van der Waals surface area contributed by atoms with Crippen molar-refractivity contribution in [2.24, 2.45) is 5.10 Å². The highest BCUT2D eigenvalue weighted by molar-refractivity contribution is 6.03. The van der Waals surface area contributed by atoms with Gasteiger partial charge in [0, 0.05) is 30.5 Å².